The van der Waals surface area contributed by atoms with Crippen LogP contribution in [0, 0.1) is 17.8 Å². The maximum atomic E-state index is 14.6. The number of aromatic nitrogens is 2. The number of carbonyl (C=O) groups is 8. The highest BCUT2D eigenvalue weighted by Crippen LogP contribution is 2.21. The molecule has 0 aliphatic carbocycles. The lowest BCUT2D eigenvalue weighted by atomic mass is 9.96. The van der Waals surface area contributed by atoms with E-state index in [4.69, 9.17) is 11.5 Å². The molecule has 24 nitrogen and oxygen atoms in total. The Morgan fingerprint density at radius 2 is 1.33 bits per heavy atom. The van der Waals surface area contributed by atoms with Gasteiger partial charge in [0.1, 0.15) is 42.0 Å². The fourth-order valence-electron chi connectivity index (χ4n) is 8.25. The largest absolute Gasteiger partial charge is 0.508 e. The Bertz CT molecular complexity index is 2150. The zero-order valence-electron chi connectivity index (χ0n) is 42.6. The lowest BCUT2D eigenvalue weighted by molar-refractivity contribution is -0.147. The van der Waals surface area contributed by atoms with E-state index in [-0.39, 0.29) is 56.4 Å². The van der Waals surface area contributed by atoms with E-state index < -0.39 is 114 Å². The molecule has 1 fully saturated rings. The number of likely N-dealkylation sites (tertiary alicyclic amines) is 1. The van der Waals surface area contributed by atoms with Crippen molar-refractivity contribution in [1.82, 2.24) is 52.1 Å². The Morgan fingerprint density at radius 1 is 0.764 bits per heavy atom. The van der Waals surface area contributed by atoms with Crippen LogP contribution >= 0.6 is 0 Å². The molecule has 400 valence electrons. The molecule has 0 bridgehead atoms. The van der Waals surface area contributed by atoms with Crippen molar-refractivity contribution in [1.29, 1.82) is 0 Å². The Balaban J connectivity index is 1.95. The van der Waals surface area contributed by atoms with Crippen LogP contribution in [0.2, 0.25) is 0 Å². The second-order valence-corrected chi connectivity index (χ2v) is 18.8. The minimum Gasteiger partial charge on any atom is -0.508 e. The molecule has 0 spiro atoms. The first-order chi connectivity index (χ1) is 34.0. The third-order valence-electron chi connectivity index (χ3n) is 12.9. The predicted molar refractivity (Wildman–Crippen MR) is 266 cm³/mol. The molecule has 15 N–H and O–H groups in total. The first kappa shape index (κ1) is 59.5. The highest BCUT2D eigenvalue weighted by Gasteiger charge is 2.41. The first-order valence-corrected chi connectivity index (χ1v) is 24.5. The number of aliphatic carboxylic acids is 1. The molecule has 2 aromatic rings. The summed E-state index contributed by atoms with van der Waals surface area (Å²) in [7, 11) is 1.64. The predicted octanol–water partition coefficient (Wildman–Crippen LogP) is -1.34. The molecule has 1 saturated heterocycles. The second-order valence-electron chi connectivity index (χ2n) is 18.8. The van der Waals surface area contributed by atoms with E-state index >= 15 is 0 Å². The number of nitrogens with one attached hydrogen (secondary N) is 8. The van der Waals surface area contributed by atoms with E-state index in [1.807, 2.05) is 13.8 Å². The third-order valence-corrected chi connectivity index (χ3v) is 12.9. The van der Waals surface area contributed by atoms with Gasteiger partial charge in [0.2, 0.25) is 41.4 Å². The SMILES string of the molecule is CC[C@H](C)[C@H](NC)C(=O)N[C@@H](CCCN=C(N)N)C(=O)N[C@H](C(=O)N[C@@H](Cc1ccc(O)cc1)C(=O)N[C@H](C(=O)N[C@@H](Cc1cnc[nH]1)C(=O)N1CCC[C@H]1C(=O)N[C@H](C(=O)O)[C@@H](C)O)[C@@H](C)CC)C(C)C. The van der Waals surface area contributed by atoms with Crippen LogP contribution in [0.15, 0.2) is 41.8 Å². The number of rotatable bonds is 29. The van der Waals surface area contributed by atoms with Crippen molar-refractivity contribution in [2.75, 3.05) is 20.1 Å². The van der Waals surface area contributed by atoms with E-state index in [9.17, 15) is 53.7 Å². The van der Waals surface area contributed by atoms with Crippen molar-refractivity contribution in [3.63, 3.8) is 0 Å². The van der Waals surface area contributed by atoms with Gasteiger partial charge in [-0.2, -0.15) is 0 Å². The Kier molecular flexibility index (Phi) is 23.9. The van der Waals surface area contributed by atoms with E-state index in [2.05, 4.69) is 52.2 Å². The van der Waals surface area contributed by atoms with E-state index in [0.29, 0.717) is 36.9 Å². The van der Waals surface area contributed by atoms with E-state index in [1.165, 1.54) is 36.5 Å². The number of aromatic amines is 1. The van der Waals surface area contributed by atoms with Crippen LogP contribution in [-0.2, 0) is 51.2 Å². The van der Waals surface area contributed by atoms with Gasteiger partial charge in [0.05, 0.1) is 18.5 Å². The molecule has 0 saturated carbocycles. The number of carbonyl (C=O) groups excluding carboxylic acids is 7. The maximum Gasteiger partial charge on any atom is 0.328 e. The fraction of sp³-hybridized carbons (Fsp3) is 0.625. The van der Waals surface area contributed by atoms with Gasteiger partial charge >= 0.3 is 5.97 Å². The Hall–Kier alpha value is -6.82. The zero-order chi connectivity index (χ0) is 53.8. The molecule has 0 radical (unpaired) electrons. The number of hydrogen-bond donors (Lipinski definition) is 13. The van der Waals surface area contributed by atoms with Crippen molar-refractivity contribution >= 4 is 53.3 Å². The van der Waals surface area contributed by atoms with E-state index in [1.54, 1.807) is 46.9 Å². The number of nitrogens with two attached hydrogens (primary N) is 2. The van der Waals surface area contributed by atoms with Gasteiger partial charge in [0, 0.05) is 37.8 Å². The monoisotopic (exact) mass is 1010 g/mol. The molecule has 7 amide bonds. The first-order valence-electron chi connectivity index (χ1n) is 24.5. The van der Waals surface area contributed by atoms with Crippen LogP contribution in [0.5, 0.6) is 5.75 Å². The molecule has 1 aliphatic rings. The zero-order valence-corrected chi connectivity index (χ0v) is 42.6. The summed E-state index contributed by atoms with van der Waals surface area (Å²) < 4.78 is 0. The number of likely N-dealkylation sites (N-methyl/N-ethyl adjacent to an activating group) is 1. The number of aliphatic hydroxyl groups excluding tert-OH is 1. The summed E-state index contributed by atoms with van der Waals surface area (Å²) in [4.78, 5) is 123. The van der Waals surface area contributed by atoms with Gasteiger partial charge in [0.25, 0.3) is 0 Å². The van der Waals surface area contributed by atoms with Crippen LogP contribution in [0.3, 0.4) is 0 Å². The molecule has 3 rings (SSSR count). The number of aromatic hydroxyl groups is 1. The van der Waals surface area contributed by atoms with Gasteiger partial charge in [-0.1, -0.05) is 66.5 Å². The number of benzene rings is 1. The summed E-state index contributed by atoms with van der Waals surface area (Å²) in [6.07, 6.45) is 3.18. The number of H-pyrrole nitrogens is 1. The molecule has 24 heteroatoms. The summed E-state index contributed by atoms with van der Waals surface area (Å²) >= 11 is 0. The van der Waals surface area contributed by atoms with Crippen LogP contribution in [0.1, 0.15) is 98.2 Å². The molecule has 72 heavy (non-hydrogen) atoms. The van der Waals surface area contributed by atoms with E-state index in [0.717, 1.165) is 0 Å². The van der Waals surface area contributed by atoms with Crippen LogP contribution in [-0.4, -0.2) is 158 Å². The van der Waals surface area contributed by atoms with Crippen molar-refractivity contribution < 1.29 is 53.7 Å². The summed E-state index contributed by atoms with van der Waals surface area (Å²) in [6.45, 7) is 12.2. The molecule has 11 atom stereocenters. The van der Waals surface area contributed by atoms with Crippen molar-refractivity contribution in [2.24, 2.45) is 34.2 Å². The minimum absolute atomic E-state index is 0.0469. The summed E-state index contributed by atoms with van der Waals surface area (Å²) in [5.74, 6) is -7.69. The summed E-state index contributed by atoms with van der Waals surface area (Å²) in [5, 5.41) is 48.8. The van der Waals surface area contributed by atoms with Crippen molar-refractivity contribution in [2.45, 2.75) is 154 Å². The number of aliphatic hydroxyl groups is 1. The number of imidazole rings is 1. The quantitative estimate of drug-likeness (QED) is 0.0255. The van der Waals surface area contributed by atoms with Gasteiger partial charge in [-0.15, -0.1) is 0 Å². The normalized spacial score (nSPS) is 17.6. The van der Waals surface area contributed by atoms with Gasteiger partial charge in [-0.25, -0.2) is 9.78 Å². The highest BCUT2D eigenvalue weighted by atomic mass is 16.4. The fourth-order valence-corrected chi connectivity index (χ4v) is 8.25. The average Bonchev–Trinajstić information content (AvgIpc) is 4.05. The lowest BCUT2D eigenvalue weighted by Crippen LogP contribution is -2.62. The number of nitrogens with zero attached hydrogens (tertiary/aromatic N) is 3. The highest BCUT2D eigenvalue weighted by molar-refractivity contribution is 5.98. The minimum atomic E-state index is -1.63. The third kappa shape index (κ3) is 17.8. The Morgan fingerprint density at radius 3 is 1.89 bits per heavy atom. The van der Waals surface area contributed by atoms with Crippen molar-refractivity contribution in [3.05, 3.63) is 48.0 Å². The number of aliphatic imine (C=N–C) groups is 1. The lowest BCUT2D eigenvalue weighted by Gasteiger charge is -2.32. The number of hydrogen-bond acceptors (Lipinski definition) is 13. The molecule has 2 heterocycles. The number of phenolic OH excluding ortho intramolecular Hbond substituents is 1. The number of amides is 7. The average molecular weight is 1010 g/mol. The van der Waals surface area contributed by atoms with Gasteiger partial charge in [-0.3, -0.25) is 38.6 Å². The molecule has 1 aliphatic heterocycles. The molecule has 1 aromatic carbocycles. The van der Waals surface area contributed by atoms with Crippen LogP contribution in [0.4, 0.5) is 0 Å². The number of phenols is 1. The number of carboxylic acids is 1. The molecular weight excluding hydrogens is 935 g/mol. The van der Waals surface area contributed by atoms with Crippen molar-refractivity contribution in [3.8, 4) is 5.75 Å². The van der Waals surface area contributed by atoms with Crippen LogP contribution < -0.4 is 48.7 Å². The van der Waals surface area contributed by atoms with Gasteiger partial charge < -0.3 is 73.9 Å². The Labute approximate surface area is 420 Å². The number of carboxylic acid groups (broad SMARTS) is 1. The standard InChI is InChI=1S/C48H77N13O11/c1-9-26(5)37(51-8)44(68)55-32(13-11-19-53-48(49)50)40(64)58-36(25(3)4)43(67)56-33(21-29-15-17-31(63)18-16-29)41(65)59-38(27(6)10-2)45(69)57-34(22-30-23-52-24-54-30)46(70)61-20-12-14-35(61)42(66)60-39(28(7)62)47(71)72/h15-18,23-28,32-39,51,62-63H,9-14,19-22H2,1-8H3,(H,52,54)(H,55,68)(H,56,67)(H,57,69)(H,58,64)(H,59,65)(H,60,66)(H,71,72)(H4,49,50,53)/t26-,27-,28+,32-,33-,34-,35-,36-,37-,38-,39-/m0/s1. The molecular formula is C48H77N13O11. The summed E-state index contributed by atoms with van der Waals surface area (Å²) in [5.41, 5.74) is 12.0. The maximum absolute atomic E-state index is 14.6. The second kappa shape index (κ2) is 28.9. The van der Waals surface area contributed by atoms with Gasteiger partial charge in [-0.05, 0) is 75.1 Å². The number of guanidine groups is 1. The topological polar surface area (TPSA) is 378 Å². The van der Waals surface area contributed by atoms with Gasteiger partial charge in [0.15, 0.2) is 12.0 Å². The smallest absolute Gasteiger partial charge is 0.328 e. The van der Waals surface area contributed by atoms with Crippen LogP contribution in [0.25, 0.3) is 0 Å². The summed E-state index contributed by atoms with van der Waals surface area (Å²) in [6, 6.07) is -3.77. The molecule has 1 aromatic heterocycles. The molecule has 0 unspecified atom stereocenters.